The molecule has 3 rings (SSSR count). The van der Waals surface area contributed by atoms with E-state index in [0.717, 1.165) is 19.3 Å². The van der Waals surface area contributed by atoms with Gasteiger partial charge in [0.25, 0.3) is 11.8 Å². The Morgan fingerprint density at radius 2 is 1.80 bits per heavy atom. The van der Waals surface area contributed by atoms with Gasteiger partial charge in [-0.25, -0.2) is 4.39 Å². The lowest BCUT2D eigenvalue weighted by molar-refractivity contribution is -0.128. The number of halogens is 1. The van der Waals surface area contributed by atoms with Crippen LogP contribution in [0.1, 0.15) is 35.4 Å². The van der Waals surface area contributed by atoms with Crippen molar-refractivity contribution in [1.29, 1.82) is 0 Å². The van der Waals surface area contributed by atoms with E-state index in [1.807, 2.05) is 0 Å². The molecule has 0 aliphatic carbocycles. The van der Waals surface area contributed by atoms with Crippen LogP contribution in [0.4, 0.5) is 4.39 Å². The van der Waals surface area contributed by atoms with Crippen LogP contribution in [-0.4, -0.2) is 29.8 Å². The molecule has 0 saturated carbocycles. The third kappa shape index (κ3) is 4.35. The largest absolute Gasteiger partial charge is 0.459 e. The second kappa shape index (κ2) is 7.79. The lowest BCUT2D eigenvalue weighted by atomic mass is 10.1. The Morgan fingerprint density at radius 3 is 2.44 bits per heavy atom. The number of hydrogen-bond donors (Lipinski definition) is 1. The highest BCUT2D eigenvalue weighted by molar-refractivity contribution is 6.04. The first kappa shape index (κ1) is 17.0. The molecule has 1 aliphatic heterocycles. The third-order valence-electron chi connectivity index (χ3n) is 4.05. The molecule has 0 radical (unpaired) electrons. The number of amides is 2. The molecular weight excluding hydrogens is 323 g/mol. The summed E-state index contributed by atoms with van der Waals surface area (Å²) in [6.45, 7) is 1.33. The van der Waals surface area contributed by atoms with Crippen LogP contribution in [0.25, 0.3) is 6.08 Å². The van der Waals surface area contributed by atoms with E-state index in [2.05, 4.69) is 5.32 Å². The fourth-order valence-electron chi connectivity index (χ4n) is 2.74. The van der Waals surface area contributed by atoms with Crippen LogP contribution >= 0.6 is 0 Å². The molecule has 5 nitrogen and oxygen atoms in total. The van der Waals surface area contributed by atoms with Crippen molar-refractivity contribution in [3.05, 3.63) is 65.5 Å². The first-order chi connectivity index (χ1) is 12.1. The molecular formula is C19H19FN2O3. The van der Waals surface area contributed by atoms with Crippen molar-refractivity contribution in [3.63, 3.8) is 0 Å². The van der Waals surface area contributed by atoms with Gasteiger partial charge in [-0.1, -0.05) is 12.1 Å². The Balaban J connectivity index is 1.85. The number of hydrogen-bond acceptors (Lipinski definition) is 3. The first-order valence-corrected chi connectivity index (χ1v) is 8.25. The molecule has 2 aromatic rings. The van der Waals surface area contributed by atoms with Gasteiger partial charge in [0.05, 0.1) is 6.26 Å². The standard InChI is InChI=1S/C19H19FN2O3/c20-15-8-6-14(7-9-15)13-16(19(24)22-10-2-1-3-11-22)21-18(23)17-5-4-12-25-17/h4-9,12-13H,1-3,10-11H2,(H,21,23). The minimum absolute atomic E-state index is 0.122. The Morgan fingerprint density at radius 1 is 1.08 bits per heavy atom. The normalized spacial score (nSPS) is 15.1. The van der Waals surface area contributed by atoms with Crippen LogP contribution in [0.5, 0.6) is 0 Å². The quantitative estimate of drug-likeness (QED) is 0.868. The topological polar surface area (TPSA) is 62.6 Å². The minimum atomic E-state index is -0.497. The Hall–Kier alpha value is -2.89. The van der Waals surface area contributed by atoms with Gasteiger partial charge >= 0.3 is 0 Å². The maximum Gasteiger partial charge on any atom is 0.291 e. The Bertz CT molecular complexity index is 760. The van der Waals surface area contributed by atoms with Crippen molar-refractivity contribution in [1.82, 2.24) is 10.2 Å². The van der Waals surface area contributed by atoms with Gasteiger partial charge in [0.2, 0.25) is 0 Å². The monoisotopic (exact) mass is 342 g/mol. The van der Waals surface area contributed by atoms with Crippen molar-refractivity contribution >= 4 is 17.9 Å². The highest BCUT2D eigenvalue weighted by Crippen LogP contribution is 2.15. The van der Waals surface area contributed by atoms with Gasteiger partial charge in [-0.05, 0) is 55.2 Å². The first-order valence-electron chi connectivity index (χ1n) is 8.25. The predicted molar refractivity (Wildman–Crippen MR) is 91.0 cm³/mol. The average Bonchev–Trinajstić information content (AvgIpc) is 3.18. The molecule has 1 aromatic carbocycles. The average molecular weight is 342 g/mol. The van der Waals surface area contributed by atoms with Gasteiger partial charge in [0.1, 0.15) is 11.5 Å². The van der Waals surface area contributed by atoms with E-state index in [9.17, 15) is 14.0 Å². The van der Waals surface area contributed by atoms with Crippen molar-refractivity contribution in [2.75, 3.05) is 13.1 Å². The minimum Gasteiger partial charge on any atom is -0.459 e. The van der Waals surface area contributed by atoms with Crippen LogP contribution in [0.2, 0.25) is 0 Å². The fourth-order valence-corrected chi connectivity index (χ4v) is 2.74. The molecule has 0 bridgehead atoms. The molecule has 1 aliphatic rings. The van der Waals surface area contributed by atoms with Gasteiger partial charge in [-0.15, -0.1) is 0 Å². The number of nitrogens with one attached hydrogen (secondary N) is 1. The van der Waals surface area contributed by atoms with E-state index < -0.39 is 5.91 Å². The maximum atomic E-state index is 13.1. The molecule has 0 atom stereocenters. The van der Waals surface area contributed by atoms with Gasteiger partial charge in [-0.3, -0.25) is 9.59 Å². The summed E-state index contributed by atoms with van der Waals surface area (Å²) < 4.78 is 18.2. The van der Waals surface area contributed by atoms with Gasteiger partial charge in [0, 0.05) is 13.1 Å². The van der Waals surface area contributed by atoms with Crippen LogP contribution in [-0.2, 0) is 4.79 Å². The van der Waals surface area contributed by atoms with Crippen LogP contribution < -0.4 is 5.32 Å². The number of benzene rings is 1. The zero-order valence-electron chi connectivity index (χ0n) is 13.7. The van der Waals surface area contributed by atoms with E-state index in [4.69, 9.17) is 4.42 Å². The molecule has 130 valence electrons. The zero-order chi connectivity index (χ0) is 17.6. The summed E-state index contributed by atoms with van der Waals surface area (Å²) in [7, 11) is 0. The van der Waals surface area contributed by atoms with E-state index in [1.165, 1.54) is 24.5 Å². The summed E-state index contributed by atoms with van der Waals surface area (Å²) in [5.41, 5.74) is 0.774. The summed E-state index contributed by atoms with van der Waals surface area (Å²) in [6, 6.07) is 8.85. The SMILES string of the molecule is O=C(NC(=Cc1ccc(F)cc1)C(=O)N1CCCCC1)c1ccco1. The number of carbonyl (C=O) groups excluding carboxylic acids is 2. The number of furan rings is 1. The molecule has 2 amide bonds. The molecule has 25 heavy (non-hydrogen) atoms. The van der Waals surface area contributed by atoms with Gasteiger partial charge in [-0.2, -0.15) is 0 Å². The van der Waals surface area contributed by atoms with Crippen LogP contribution in [0, 0.1) is 5.82 Å². The van der Waals surface area contributed by atoms with Gasteiger partial charge in [0.15, 0.2) is 5.76 Å². The zero-order valence-corrected chi connectivity index (χ0v) is 13.7. The molecule has 1 N–H and O–H groups in total. The van der Waals surface area contributed by atoms with Crippen molar-refractivity contribution in [3.8, 4) is 0 Å². The van der Waals surface area contributed by atoms with Crippen LogP contribution in [0.15, 0.2) is 52.8 Å². The molecule has 1 saturated heterocycles. The van der Waals surface area contributed by atoms with E-state index >= 15 is 0 Å². The smallest absolute Gasteiger partial charge is 0.291 e. The molecule has 0 spiro atoms. The predicted octanol–water partition coefficient (Wildman–Crippen LogP) is 3.20. The summed E-state index contributed by atoms with van der Waals surface area (Å²) in [4.78, 5) is 26.8. The van der Waals surface area contributed by atoms with E-state index in [0.29, 0.717) is 18.7 Å². The molecule has 1 aromatic heterocycles. The number of rotatable bonds is 4. The van der Waals surface area contributed by atoms with Crippen molar-refractivity contribution in [2.24, 2.45) is 0 Å². The summed E-state index contributed by atoms with van der Waals surface area (Å²) >= 11 is 0. The van der Waals surface area contributed by atoms with E-state index in [-0.39, 0.29) is 23.2 Å². The van der Waals surface area contributed by atoms with E-state index in [1.54, 1.807) is 29.2 Å². The maximum absolute atomic E-state index is 13.1. The number of carbonyl (C=O) groups is 2. The molecule has 0 unspecified atom stereocenters. The Labute approximate surface area is 145 Å². The number of piperidine rings is 1. The lowest BCUT2D eigenvalue weighted by Crippen LogP contribution is -2.41. The van der Waals surface area contributed by atoms with Gasteiger partial charge < -0.3 is 14.6 Å². The number of likely N-dealkylation sites (tertiary alicyclic amines) is 1. The highest BCUT2D eigenvalue weighted by atomic mass is 19.1. The Kier molecular flexibility index (Phi) is 5.28. The number of nitrogens with zero attached hydrogens (tertiary/aromatic N) is 1. The second-order valence-corrected chi connectivity index (χ2v) is 5.89. The third-order valence-corrected chi connectivity index (χ3v) is 4.05. The van der Waals surface area contributed by atoms with Crippen molar-refractivity contribution in [2.45, 2.75) is 19.3 Å². The molecule has 1 fully saturated rings. The second-order valence-electron chi connectivity index (χ2n) is 5.89. The van der Waals surface area contributed by atoms with Crippen LogP contribution in [0.3, 0.4) is 0 Å². The fraction of sp³-hybridized carbons (Fsp3) is 0.263. The summed E-state index contributed by atoms with van der Waals surface area (Å²) in [6.07, 6.45) is 5.94. The van der Waals surface area contributed by atoms with Crippen molar-refractivity contribution < 1.29 is 18.4 Å². The molecule has 2 heterocycles. The summed E-state index contributed by atoms with van der Waals surface area (Å²) in [5.74, 6) is -0.982. The summed E-state index contributed by atoms with van der Waals surface area (Å²) in [5, 5.41) is 2.62. The molecule has 6 heteroatoms. The lowest BCUT2D eigenvalue weighted by Gasteiger charge is -2.27. The highest BCUT2D eigenvalue weighted by Gasteiger charge is 2.23.